The van der Waals surface area contributed by atoms with Gasteiger partial charge in [-0.3, -0.25) is 4.79 Å². The summed E-state index contributed by atoms with van der Waals surface area (Å²) in [5.41, 5.74) is 8.22. The summed E-state index contributed by atoms with van der Waals surface area (Å²) in [5.74, 6) is 0.374. The average molecular weight is 325 g/mol. The van der Waals surface area contributed by atoms with Crippen LogP contribution in [-0.4, -0.2) is 42.1 Å². The zero-order valence-corrected chi connectivity index (χ0v) is 13.6. The SMILES string of the molecule is NC(CC(=O)N1CCN(c2ccc(O)cc2)CC1)c1ccccc1. The number of nitrogens with zero attached hydrogens (tertiary/aromatic N) is 2. The fraction of sp³-hybridized carbons (Fsp3) is 0.316. The number of aromatic hydroxyl groups is 1. The third-order valence-corrected chi connectivity index (χ3v) is 4.47. The molecule has 0 bridgehead atoms. The number of carbonyl (C=O) groups is 1. The fourth-order valence-electron chi connectivity index (χ4n) is 3.01. The van der Waals surface area contributed by atoms with Crippen LogP contribution in [0.1, 0.15) is 18.0 Å². The van der Waals surface area contributed by atoms with Gasteiger partial charge in [0, 0.05) is 44.3 Å². The van der Waals surface area contributed by atoms with Gasteiger partial charge in [0.05, 0.1) is 0 Å². The van der Waals surface area contributed by atoms with E-state index in [1.807, 2.05) is 47.4 Å². The Morgan fingerprint density at radius 2 is 1.62 bits per heavy atom. The Kier molecular flexibility index (Phi) is 5.01. The predicted octanol–water partition coefficient (Wildman–Crippen LogP) is 2.13. The maximum absolute atomic E-state index is 12.5. The van der Waals surface area contributed by atoms with Crippen LogP contribution < -0.4 is 10.6 Å². The highest BCUT2D eigenvalue weighted by atomic mass is 16.3. The van der Waals surface area contributed by atoms with Crippen molar-refractivity contribution in [1.29, 1.82) is 0 Å². The van der Waals surface area contributed by atoms with E-state index in [1.54, 1.807) is 12.1 Å². The van der Waals surface area contributed by atoms with Crippen molar-refractivity contribution in [1.82, 2.24) is 4.90 Å². The summed E-state index contributed by atoms with van der Waals surface area (Å²) in [6, 6.07) is 16.7. The number of amides is 1. The van der Waals surface area contributed by atoms with Crippen LogP contribution in [0.25, 0.3) is 0 Å². The molecule has 0 aromatic heterocycles. The third-order valence-electron chi connectivity index (χ3n) is 4.47. The summed E-state index contributed by atoms with van der Waals surface area (Å²) in [4.78, 5) is 16.6. The summed E-state index contributed by atoms with van der Waals surface area (Å²) in [6.07, 6.45) is 0.337. The van der Waals surface area contributed by atoms with Crippen LogP contribution in [0, 0.1) is 0 Å². The van der Waals surface area contributed by atoms with Crippen molar-refractivity contribution in [3.63, 3.8) is 0 Å². The smallest absolute Gasteiger partial charge is 0.224 e. The summed E-state index contributed by atoms with van der Waals surface area (Å²) in [6.45, 7) is 2.97. The minimum absolute atomic E-state index is 0.108. The Hall–Kier alpha value is -2.53. The number of hydrogen-bond donors (Lipinski definition) is 2. The molecule has 1 unspecified atom stereocenters. The molecule has 1 aliphatic heterocycles. The first-order valence-electron chi connectivity index (χ1n) is 8.26. The second-order valence-electron chi connectivity index (χ2n) is 6.11. The van der Waals surface area contributed by atoms with Gasteiger partial charge in [-0.15, -0.1) is 0 Å². The Labute approximate surface area is 142 Å². The number of hydrogen-bond acceptors (Lipinski definition) is 4. The van der Waals surface area contributed by atoms with Crippen molar-refractivity contribution in [3.8, 4) is 5.75 Å². The molecule has 1 saturated heterocycles. The molecule has 0 saturated carbocycles. The number of benzene rings is 2. The van der Waals surface area contributed by atoms with Crippen LogP contribution in [0.3, 0.4) is 0 Å². The fourth-order valence-corrected chi connectivity index (χ4v) is 3.01. The summed E-state index contributed by atoms with van der Waals surface area (Å²) in [5, 5.41) is 9.36. The normalized spacial score (nSPS) is 16.0. The van der Waals surface area contributed by atoms with Crippen LogP contribution in [0.5, 0.6) is 5.75 Å². The van der Waals surface area contributed by atoms with E-state index >= 15 is 0 Å². The number of anilines is 1. The van der Waals surface area contributed by atoms with Gasteiger partial charge in [-0.2, -0.15) is 0 Å². The predicted molar refractivity (Wildman–Crippen MR) is 94.9 cm³/mol. The lowest BCUT2D eigenvalue weighted by molar-refractivity contribution is -0.131. The van der Waals surface area contributed by atoms with E-state index in [1.165, 1.54) is 0 Å². The monoisotopic (exact) mass is 325 g/mol. The van der Waals surface area contributed by atoms with Crippen molar-refractivity contribution in [2.24, 2.45) is 5.73 Å². The van der Waals surface area contributed by atoms with Crippen molar-refractivity contribution in [3.05, 3.63) is 60.2 Å². The molecule has 5 heteroatoms. The molecule has 5 nitrogen and oxygen atoms in total. The van der Waals surface area contributed by atoms with Gasteiger partial charge < -0.3 is 20.6 Å². The molecule has 3 rings (SSSR count). The summed E-state index contributed by atoms with van der Waals surface area (Å²) >= 11 is 0. The van der Waals surface area contributed by atoms with Gasteiger partial charge in [-0.25, -0.2) is 0 Å². The van der Waals surface area contributed by atoms with Crippen LogP contribution in [-0.2, 0) is 4.79 Å². The lowest BCUT2D eigenvalue weighted by Gasteiger charge is -2.36. The molecular weight excluding hydrogens is 302 g/mol. The Bertz CT molecular complexity index is 665. The second-order valence-corrected chi connectivity index (χ2v) is 6.11. The van der Waals surface area contributed by atoms with Gasteiger partial charge in [0.15, 0.2) is 0 Å². The highest BCUT2D eigenvalue weighted by Gasteiger charge is 2.23. The summed E-state index contributed by atoms with van der Waals surface area (Å²) in [7, 11) is 0. The number of rotatable bonds is 4. The Morgan fingerprint density at radius 1 is 1.00 bits per heavy atom. The van der Waals surface area contributed by atoms with Gasteiger partial charge in [0.25, 0.3) is 0 Å². The number of phenols is 1. The molecule has 2 aromatic carbocycles. The van der Waals surface area contributed by atoms with Gasteiger partial charge in [-0.05, 0) is 29.8 Å². The largest absolute Gasteiger partial charge is 0.508 e. The highest BCUT2D eigenvalue weighted by Crippen LogP contribution is 2.21. The quantitative estimate of drug-likeness (QED) is 0.903. The van der Waals surface area contributed by atoms with Gasteiger partial charge >= 0.3 is 0 Å². The van der Waals surface area contributed by atoms with Gasteiger partial charge in [0.2, 0.25) is 5.91 Å². The summed E-state index contributed by atoms with van der Waals surface area (Å²) < 4.78 is 0. The molecule has 1 heterocycles. The lowest BCUT2D eigenvalue weighted by Crippen LogP contribution is -2.49. The van der Waals surface area contributed by atoms with Gasteiger partial charge in [-0.1, -0.05) is 30.3 Å². The van der Waals surface area contributed by atoms with E-state index in [-0.39, 0.29) is 17.7 Å². The molecule has 0 aliphatic carbocycles. The molecule has 3 N–H and O–H groups in total. The first kappa shape index (κ1) is 16.3. The molecule has 1 amide bonds. The van der Waals surface area contributed by atoms with Gasteiger partial charge in [0.1, 0.15) is 5.75 Å². The maximum atomic E-state index is 12.5. The van der Waals surface area contributed by atoms with E-state index in [0.29, 0.717) is 19.5 Å². The highest BCUT2D eigenvalue weighted by molar-refractivity contribution is 5.77. The van der Waals surface area contributed by atoms with E-state index in [0.717, 1.165) is 24.3 Å². The van der Waals surface area contributed by atoms with Crippen molar-refractivity contribution in [2.75, 3.05) is 31.1 Å². The van der Waals surface area contributed by atoms with Crippen LogP contribution in [0.15, 0.2) is 54.6 Å². The van der Waals surface area contributed by atoms with Crippen LogP contribution >= 0.6 is 0 Å². The van der Waals surface area contributed by atoms with Crippen molar-refractivity contribution >= 4 is 11.6 Å². The Morgan fingerprint density at radius 3 is 2.25 bits per heavy atom. The molecule has 24 heavy (non-hydrogen) atoms. The van der Waals surface area contributed by atoms with Crippen molar-refractivity contribution in [2.45, 2.75) is 12.5 Å². The number of phenolic OH excluding ortho intramolecular Hbond substituents is 1. The topological polar surface area (TPSA) is 69.8 Å². The molecule has 126 valence electrons. The van der Waals surface area contributed by atoms with E-state index in [9.17, 15) is 9.90 Å². The van der Waals surface area contributed by atoms with Crippen LogP contribution in [0.2, 0.25) is 0 Å². The Balaban J connectivity index is 1.52. The molecule has 1 atom stereocenters. The van der Waals surface area contributed by atoms with E-state index < -0.39 is 0 Å². The van der Waals surface area contributed by atoms with E-state index in [4.69, 9.17) is 5.73 Å². The number of nitrogens with two attached hydrogens (primary N) is 1. The molecule has 1 fully saturated rings. The third kappa shape index (κ3) is 3.86. The maximum Gasteiger partial charge on any atom is 0.224 e. The van der Waals surface area contributed by atoms with E-state index in [2.05, 4.69) is 4.90 Å². The number of carbonyl (C=O) groups excluding carboxylic acids is 1. The second kappa shape index (κ2) is 7.36. The lowest BCUT2D eigenvalue weighted by atomic mass is 10.0. The minimum atomic E-state index is -0.256. The van der Waals surface area contributed by atoms with Crippen LogP contribution in [0.4, 0.5) is 5.69 Å². The zero-order chi connectivity index (χ0) is 16.9. The van der Waals surface area contributed by atoms with Crippen molar-refractivity contribution < 1.29 is 9.90 Å². The minimum Gasteiger partial charge on any atom is -0.508 e. The molecular formula is C19H23N3O2. The zero-order valence-electron chi connectivity index (χ0n) is 13.6. The average Bonchev–Trinajstić information content (AvgIpc) is 2.63. The molecule has 0 spiro atoms. The number of piperazine rings is 1. The molecule has 0 radical (unpaired) electrons. The molecule has 1 aliphatic rings. The first-order valence-corrected chi connectivity index (χ1v) is 8.26. The standard InChI is InChI=1S/C19H23N3O2/c20-18(15-4-2-1-3-5-15)14-19(24)22-12-10-21(11-13-22)16-6-8-17(23)9-7-16/h1-9,18,23H,10-14,20H2. The molecule has 2 aromatic rings. The first-order chi connectivity index (χ1) is 11.6.